The van der Waals surface area contributed by atoms with Crippen molar-refractivity contribution >= 4 is 0 Å². The summed E-state index contributed by atoms with van der Waals surface area (Å²) < 4.78 is 0. The van der Waals surface area contributed by atoms with E-state index in [1.165, 1.54) is 49.7 Å². The summed E-state index contributed by atoms with van der Waals surface area (Å²) in [6.07, 6.45) is 7.75. The number of halogens is 4. The van der Waals surface area contributed by atoms with Crippen LogP contribution in [-0.4, -0.2) is 0 Å². The summed E-state index contributed by atoms with van der Waals surface area (Å²) in [4.78, 5) is 0. The van der Waals surface area contributed by atoms with Crippen molar-refractivity contribution in [2.24, 2.45) is 0 Å². The Morgan fingerprint density at radius 3 is 0.912 bits per heavy atom. The summed E-state index contributed by atoms with van der Waals surface area (Å²) in [6, 6.07) is 37.2. The van der Waals surface area contributed by atoms with Crippen molar-refractivity contribution in [3.63, 3.8) is 0 Å². The van der Waals surface area contributed by atoms with E-state index in [2.05, 4.69) is 62.4 Å². The molecule has 0 radical (unpaired) electrons. The molecular weight excluding hydrogens is 661 g/mol. The third-order valence-corrected chi connectivity index (χ3v) is 4.21. The van der Waals surface area contributed by atoms with E-state index in [4.69, 9.17) is 0 Å². The van der Waals surface area contributed by atoms with Crippen LogP contribution in [0, 0.1) is 0 Å². The van der Waals surface area contributed by atoms with Gasteiger partial charge in [-0.05, 0) is 0 Å². The number of aryl methyl sites for hydroxylation is 2. The molecule has 0 amide bonds. The zero-order chi connectivity index (χ0) is 20.1. The molecule has 0 aliphatic heterocycles. The summed E-state index contributed by atoms with van der Waals surface area (Å²) >= 11 is 0. The fraction of sp³-hybridized carbons (Fsp3) is 0.286. The SMILES string of the molecule is CCCC[c-]1cccc1.CCCC[c-]1cccc1.[Cl-].[Cl-].[Cl-].[Cl-].[Zr+4].[Zr+4].c1cc[cH-]c1.c1cc[cH-]c1. The minimum atomic E-state index is 0. The van der Waals surface area contributed by atoms with Crippen molar-refractivity contribution in [2.45, 2.75) is 52.4 Å². The van der Waals surface area contributed by atoms with Gasteiger partial charge < -0.3 is 49.6 Å². The Bertz CT molecular complexity index is 606. The van der Waals surface area contributed by atoms with Crippen LogP contribution >= 0.6 is 0 Å². The van der Waals surface area contributed by atoms with Crippen LogP contribution < -0.4 is 49.6 Å². The molecule has 0 aliphatic rings. The van der Waals surface area contributed by atoms with Crippen molar-refractivity contribution < 1.29 is 102 Å². The van der Waals surface area contributed by atoms with Crippen LogP contribution in [0.5, 0.6) is 0 Å². The normalized spacial score (nSPS) is 7.59. The fourth-order valence-corrected chi connectivity index (χ4v) is 2.56. The monoisotopic (exact) mass is 692 g/mol. The molecule has 0 aromatic heterocycles. The third-order valence-electron chi connectivity index (χ3n) is 4.21. The Kier molecular flexibility index (Phi) is 52.9. The predicted molar refractivity (Wildman–Crippen MR) is 125 cm³/mol. The van der Waals surface area contributed by atoms with Gasteiger partial charge in [0.25, 0.3) is 0 Å². The maximum atomic E-state index is 2.23. The predicted octanol–water partition coefficient (Wildman–Crippen LogP) is -3.68. The minimum absolute atomic E-state index is 0. The first-order valence-electron chi connectivity index (χ1n) is 10.6. The maximum absolute atomic E-state index is 2.23. The van der Waals surface area contributed by atoms with E-state index in [-0.39, 0.29) is 102 Å². The van der Waals surface area contributed by atoms with Crippen LogP contribution in [0.1, 0.15) is 50.7 Å². The first kappa shape index (κ1) is 47.5. The minimum Gasteiger partial charge on any atom is -1.00 e. The van der Waals surface area contributed by atoms with Crippen molar-refractivity contribution in [1.29, 1.82) is 0 Å². The van der Waals surface area contributed by atoms with Gasteiger partial charge in [-0.1, -0.05) is 52.4 Å². The molecule has 4 aromatic carbocycles. The van der Waals surface area contributed by atoms with Crippen molar-refractivity contribution in [3.05, 3.63) is 120 Å². The van der Waals surface area contributed by atoms with Crippen molar-refractivity contribution in [1.82, 2.24) is 0 Å². The van der Waals surface area contributed by atoms with Gasteiger partial charge in [0.2, 0.25) is 0 Å². The molecule has 0 N–H and O–H groups in total. The van der Waals surface area contributed by atoms with Gasteiger partial charge in [0, 0.05) is 0 Å². The molecule has 0 aliphatic carbocycles. The van der Waals surface area contributed by atoms with Crippen LogP contribution in [0.2, 0.25) is 0 Å². The molecule has 0 bridgehead atoms. The second-order valence-electron chi connectivity index (χ2n) is 6.72. The topological polar surface area (TPSA) is 0 Å². The first-order valence-corrected chi connectivity index (χ1v) is 10.6. The van der Waals surface area contributed by atoms with Crippen LogP contribution in [0.25, 0.3) is 0 Å². The molecule has 0 unspecified atom stereocenters. The van der Waals surface area contributed by atoms with Crippen LogP contribution in [-0.2, 0) is 65.2 Å². The third kappa shape index (κ3) is 30.4. The summed E-state index contributed by atoms with van der Waals surface area (Å²) in [7, 11) is 0. The summed E-state index contributed by atoms with van der Waals surface area (Å²) in [5, 5.41) is 0. The van der Waals surface area contributed by atoms with E-state index < -0.39 is 0 Å². The van der Waals surface area contributed by atoms with Crippen molar-refractivity contribution in [2.75, 3.05) is 0 Å². The van der Waals surface area contributed by atoms with Gasteiger partial charge in [-0.15, -0.1) is 0 Å². The molecule has 0 spiro atoms. The molecule has 184 valence electrons. The standard InChI is InChI=1S/2C9H13.2C5H5.4ClH.2Zr/c2*1-2-3-6-9-7-4-5-8-9;2*1-2-4-5-3-1;;;;;;/h2*4-5,7-8H,2-3,6H2,1H3;2*1-5H;4*1H;;/q4*-1;;;;;2*+4/p-4. The van der Waals surface area contributed by atoms with Gasteiger partial charge in [-0.25, -0.2) is 48.5 Å². The van der Waals surface area contributed by atoms with Gasteiger partial charge >= 0.3 is 52.4 Å². The van der Waals surface area contributed by atoms with Gasteiger partial charge in [0.05, 0.1) is 0 Å². The summed E-state index contributed by atoms with van der Waals surface area (Å²) in [6.45, 7) is 4.45. The quantitative estimate of drug-likeness (QED) is 0.183. The van der Waals surface area contributed by atoms with Crippen molar-refractivity contribution in [3.8, 4) is 0 Å². The molecule has 4 rings (SSSR count). The van der Waals surface area contributed by atoms with Crippen LogP contribution in [0.4, 0.5) is 0 Å². The maximum Gasteiger partial charge on any atom is 4.00 e. The van der Waals surface area contributed by atoms with E-state index in [0.717, 1.165) is 0 Å². The Morgan fingerprint density at radius 2 is 0.735 bits per heavy atom. The number of rotatable bonds is 6. The van der Waals surface area contributed by atoms with Crippen LogP contribution in [0.15, 0.2) is 109 Å². The molecular formula is C28H36Cl4Zr2. The molecule has 0 saturated carbocycles. The Morgan fingerprint density at radius 1 is 0.471 bits per heavy atom. The zero-order valence-corrected chi connectivity index (χ0v) is 28.1. The van der Waals surface area contributed by atoms with E-state index in [1.807, 2.05) is 60.7 Å². The van der Waals surface area contributed by atoms with Gasteiger partial charge in [0.1, 0.15) is 0 Å². The zero-order valence-electron chi connectivity index (χ0n) is 20.1. The molecule has 6 heteroatoms. The molecule has 0 nitrogen and oxygen atoms in total. The molecule has 0 saturated heterocycles. The number of hydrogen-bond acceptors (Lipinski definition) is 0. The fourth-order valence-electron chi connectivity index (χ4n) is 2.56. The van der Waals surface area contributed by atoms with Gasteiger partial charge in [-0.3, -0.25) is 0 Å². The smallest absolute Gasteiger partial charge is 1.00 e. The molecule has 34 heavy (non-hydrogen) atoms. The first-order chi connectivity index (χ1) is 13.9. The number of hydrogen-bond donors (Lipinski definition) is 0. The van der Waals surface area contributed by atoms with E-state index in [1.54, 1.807) is 0 Å². The average molecular weight is 697 g/mol. The largest absolute Gasteiger partial charge is 4.00 e. The Labute approximate surface area is 272 Å². The van der Waals surface area contributed by atoms with Gasteiger partial charge in [0.15, 0.2) is 0 Å². The molecule has 0 fully saturated rings. The summed E-state index contributed by atoms with van der Waals surface area (Å²) in [5.74, 6) is 0. The molecule has 0 heterocycles. The second-order valence-corrected chi connectivity index (χ2v) is 6.72. The Balaban J connectivity index is -0.0000000745. The van der Waals surface area contributed by atoms with Crippen LogP contribution in [0.3, 0.4) is 0 Å². The second kappa shape index (κ2) is 37.9. The Hall–Kier alpha value is 0.326. The average Bonchev–Trinajstić information content (AvgIpc) is 3.57. The van der Waals surface area contributed by atoms with E-state index in [0.29, 0.717) is 0 Å². The molecule has 4 aromatic rings. The number of unbranched alkanes of at least 4 members (excludes halogenated alkanes) is 2. The van der Waals surface area contributed by atoms with Gasteiger partial charge in [-0.2, -0.15) is 71.8 Å². The van der Waals surface area contributed by atoms with E-state index in [9.17, 15) is 0 Å². The summed E-state index contributed by atoms with van der Waals surface area (Å²) in [5.41, 5.74) is 2.97. The van der Waals surface area contributed by atoms with E-state index >= 15 is 0 Å². The molecule has 0 atom stereocenters.